The summed E-state index contributed by atoms with van der Waals surface area (Å²) in [6.07, 6.45) is 3.09. The molecule has 0 aromatic carbocycles. The van der Waals surface area contributed by atoms with E-state index in [0.717, 1.165) is 12.0 Å². The highest BCUT2D eigenvalue weighted by Crippen LogP contribution is 2.26. The minimum absolute atomic E-state index is 0.00444. The maximum absolute atomic E-state index is 12.5. The van der Waals surface area contributed by atoms with Crippen LogP contribution in [-0.4, -0.2) is 65.2 Å². The van der Waals surface area contributed by atoms with Crippen LogP contribution in [-0.2, 0) is 16.0 Å². The number of aromatic amines is 1. The number of nitrogens with zero attached hydrogens (tertiary/aromatic N) is 2. The predicted molar refractivity (Wildman–Crippen MR) is 92.9 cm³/mol. The molecule has 0 bridgehead atoms. The summed E-state index contributed by atoms with van der Waals surface area (Å²) in [6.45, 7) is 5.81. The van der Waals surface area contributed by atoms with Crippen LogP contribution in [0.3, 0.4) is 0 Å². The molecule has 0 spiro atoms. The van der Waals surface area contributed by atoms with Crippen LogP contribution in [0.15, 0.2) is 12.3 Å². The number of aromatic nitrogens is 1. The number of carbonyl (C=O) groups excluding carboxylic acids is 3. The van der Waals surface area contributed by atoms with Gasteiger partial charge in [0.2, 0.25) is 11.8 Å². The molecule has 0 aliphatic carbocycles. The van der Waals surface area contributed by atoms with Gasteiger partial charge in [-0.05, 0) is 24.0 Å². The fourth-order valence-electron chi connectivity index (χ4n) is 3.60. The lowest BCUT2D eigenvalue weighted by Gasteiger charge is -2.43. The summed E-state index contributed by atoms with van der Waals surface area (Å²) < 4.78 is 0. The second kappa shape index (κ2) is 6.90. The first kappa shape index (κ1) is 17.5. The number of amides is 3. The van der Waals surface area contributed by atoms with Crippen molar-refractivity contribution in [1.29, 1.82) is 0 Å². The molecule has 0 saturated carbocycles. The lowest BCUT2D eigenvalue weighted by molar-refractivity contribution is -0.132. The van der Waals surface area contributed by atoms with Crippen LogP contribution in [0.1, 0.15) is 36.3 Å². The van der Waals surface area contributed by atoms with Crippen molar-refractivity contribution in [3.8, 4) is 0 Å². The normalized spacial score (nSPS) is 21.0. The van der Waals surface area contributed by atoms with Crippen molar-refractivity contribution >= 4 is 17.7 Å². The summed E-state index contributed by atoms with van der Waals surface area (Å²) in [5.74, 6) is 0.156. The third-order valence-corrected chi connectivity index (χ3v) is 4.98. The Hall–Kier alpha value is -2.31. The maximum atomic E-state index is 12.5. The number of carbonyl (C=O) groups is 3. The molecule has 3 amide bonds. The summed E-state index contributed by atoms with van der Waals surface area (Å²) in [5.41, 5.74) is 1.74. The molecule has 1 unspecified atom stereocenters. The van der Waals surface area contributed by atoms with E-state index in [-0.39, 0.29) is 36.1 Å². The van der Waals surface area contributed by atoms with Gasteiger partial charge in [-0.1, -0.05) is 13.8 Å². The number of H-pyrrole nitrogens is 1. The Labute approximate surface area is 147 Å². The molecule has 2 aliphatic rings. The fraction of sp³-hybridized carbons (Fsp3) is 0.611. The standard InChI is InChI=1S/C18H26N4O3/c1-11(2)4-12-5-15(20-7-12)18(25)21-9-14(10-21)22-8-13(6-16(22)23)17(24)19-3/h5,7,11,13-14,20H,4,6,8-10H2,1-3H3,(H,19,24). The summed E-state index contributed by atoms with van der Waals surface area (Å²) in [4.78, 5) is 42.9. The SMILES string of the molecule is CNC(=O)C1CC(=O)N(C2CN(C(=O)c3cc(CC(C)C)c[nH]3)C2)C1. The second-order valence-corrected chi connectivity index (χ2v) is 7.44. The van der Waals surface area contributed by atoms with Crippen LogP contribution in [0.2, 0.25) is 0 Å². The number of hydrogen-bond acceptors (Lipinski definition) is 3. The van der Waals surface area contributed by atoms with Crippen molar-refractivity contribution in [3.05, 3.63) is 23.5 Å². The number of nitrogens with one attached hydrogen (secondary N) is 2. The Morgan fingerprint density at radius 3 is 2.68 bits per heavy atom. The van der Waals surface area contributed by atoms with E-state index in [1.807, 2.05) is 12.3 Å². The smallest absolute Gasteiger partial charge is 0.270 e. The van der Waals surface area contributed by atoms with E-state index >= 15 is 0 Å². The zero-order valence-electron chi connectivity index (χ0n) is 15.0. The zero-order valence-corrected chi connectivity index (χ0v) is 15.0. The summed E-state index contributed by atoms with van der Waals surface area (Å²) >= 11 is 0. The van der Waals surface area contributed by atoms with Gasteiger partial charge in [-0.15, -0.1) is 0 Å². The first-order chi connectivity index (χ1) is 11.9. The molecule has 3 rings (SSSR count). The van der Waals surface area contributed by atoms with Crippen molar-refractivity contribution in [2.24, 2.45) is 11.8 Å². The number of likely N-dealkylation sites (tertiary alicyclic amines) is 2. The van der Waals surface area contributed by atoms with E-state index in [0.29, 0.717) is 31.2 Å². The highest BCUT2D eigenvalue weighted by atomic mass is 16.2. The molecule has 2 fully saturated rings. The van der Waals surface area contributed by atoms with Gasteiger partial charge >= 0.3 is 0 Å². The van der Waals surface area contributed by atoms with Gasteiger partial charge in [0.05, 0.1) is 12.0 Å². The minimum atomic E-state index is -0.274. The van der Waals surface area contributed by atoms with Crippen LogP contribution in [0.25, 0.3) is 0 Å². The Morgan fingerprint density at radius 2 is 2.04 bits per heavy atom. The molecule has 1 aromatic rings. The van der Waals surface area contributed by atoms with Gasteiger partial charge < -0.3 is 20.1 Å². The lowest BCUT2D eigenvalue weighted by atomic mass is 10.0. The van der Waals surface area contributed by atoms with Crippen molar-refractivity contribution < 1.29 is 14.4 Å². The summed E-state index contributed by atoms with van der Waals surface area (Å²) in [7, 11) is 1.59. The van der Waals surface area contributed by atoms with Gasteiger partial charge in [-0.2, -0.15) is 0 Å². The molecule has 0 radical (unpaired) electrons. The summed E-state index contributed by atoms with van der Waals surface area (Å²) in [6, 6.07) is 1.94. The third-order valence-electron chi connectivity index (χ3n) is 4.98. The van der Waals surface area contributed by atoms with E-state index in [4.69, 9.17) is 0 Å². The molecule has 136 valence electrons. The Balaban J connectivity index is 1.54. The Bertz CT molecular complexity index is 676. The Morgan fingerprint density at radius 1 is 1.32 bits per heavy atom. The van der Waals surface area contributed by atoms with Crippen LogP contribution < -0.4 is 5.32 Å². The summed E-state index contributed by atoms with van der Waals surface area (Å²) in [5, 5.41) is 2.60. The third kappa shape index (κ3) is 3.55. The van der Waals surface area contributed by atoms with Crippen LogP contribution in [0.4, 0.5) is 0 Å². The largest absolute Gasteiger partial charge is 0.359 e. The molecule has 3 heterocycles. The molecule has 1 aromatic heterocycles. The average molecular weight is 346 g/mol. The van der Waals surface area contributed by atoms with Gasteiger partial charge in [0.15, 0.2) is 0 Å². The van der Waals surface area contributed by atoms with E-state index in [1.165, 1.54) is 0 Å². The minimum Gasteiger partial charge on any atom is -0.359 e. The average Bonchev–Trinajstić information content (AvgIpc) is 3.12. The first-order valence-electron chi connectivity index (χ1n) is 8.86. The van der Waals surface area contributed by atoms with Gasteiger partial charge in [-0.25, -0.2) is 0 Å². The molecule has 2 N–H and O–H groups in total. The topological polar surface area (TPSA) is 85.5 Å². The maximum Gasteiger partial charge on any atom is 0.270 e. The molecule has 7 heteroatoms. The molecule has 25 heavy (non-hydrogen) atoms. The lowest BCUT2D eigenvalue weighted by Crippen LogP contribution is -2.61. The second-order valence-electron chi connectivity index (χ2n) is 7.44. The number of hydrogen-bond donors (Lipinski definition) is 2. The highest BCUT2D eigenvalue weighted by molar-refractivity contribution is 5.94. The van der Waals surface area contributed by atoms with Crippen LogP contribution in [0.5, 0.6) is 0 Å². The van der Waals surface area contributed by atoms with Gasteiger partial charge in [0, 0.05) is 39.3 Å². The fourth-order valence-corrected chi connectivity index (χ4v) is 3.60. The van der Waals surface area contributed by atoms with Gasteiger partial charge in [0.1, 0.15) is 5.69 Å². The molecule has 2 aliphatic heterocycles. The molecular weight excluding hydrogens is 320 g/mol. The van der Waals surface area contributed by atoms with Crippen molar-refractivity contribution in [1.82, 2.24) is 20.1 Å². The molecular formula is C18H26N4O3. The van der Waals surface area contributed by atoms with Crippen molar-refractivity contribution in [3.63, 3.8) is 0 Å². The van der Waals surface area contributed by atoms with E-state index < -0.39 is 0 Å². The quantitative estimate of drug-likeness (QED) is 0.820. The van der Waals surface area contributed by atoms with Gasteiger partial charge in [0.25, 0.3) is 5.91 Å². The van der Waals surface area contributed by atoms with Crippen molar-refractivity contribution in [2.75, 3.05) is 26.7 Å². The van der Waals surface area contributed by atoms with E-state index in [9.17, 15) is 14.4 Å². The first-order valence-corrected chi connectivity index (χ1v) is 8.86. The van der Waals surface area contributed by atoms with Gasteiger partial charge in [-0.3, -0.25) is 14.4 Å². The molecule has 7 nitrogen and oxygen atoms in total. The molecule has 2 saturated heterocycles. The van der Waals surface area contributed by atoms with Crippen LogP contribution in [0, 0.1) is 11.8 Å². The van der Waals surface area contributed by atoms with E-state index in [2.05, 4.69) is 24.1 Å². The zero-order chi connectivity index (χ0) is 18.1. The highest BCUT2D eigenvalue weighted by Gasteiger charge is 2.43. The monoisotopic (exact) mass is 346 g/mol. The Kier molecular flexibility index (Phi) is 4.83. The molecule has 1 atom stereocenters. The van der Waals surface area contributed by atoms with Crippen LogP contribution >= 0.6 is 0 Å². The van der Waals surface area contributed by atoms with E-state index in [1.54, 1.807) is 16.8 Å². The predicted octanol–water partition coefficient (Wildman–Crippen LogP) is 0.632. The van der Waals surface area contributed by atoms with Crippen molar-refractivity contribution in [2.45, 2.75) is 32.7 Å². The number of rotatable bonds is 5.